The molecule has 84 valence electrons. The largest absolute Gasteiger partial charge is 0.337 e. The van der Waals surface area contributed by atoms with Crippen LogP contribution in [0.25, 0.3) is 0 Å². The first-order valence-corrected chi connectivity index (χ1v) is 5.23. The second kappa shape index (κ2) is 6.52. The van der Waals surface area contributed by atoms with Gasteiger partial charge in [-0.1, -0.05) is 17.7 Å². The zero-order valence-corrected chi connectivity index (χ0v) is 9.63. The van der Waals surface area contributed by atoms with Crippen molar-refractivity contribution in [3.63, 3.8) is 0 Å². The molecule has 0 aliphatic rings. The fourth-order valence-electron chi connectivity index (χ4n) is 1.18. The van der Waals surface area contributed by atoms with Gasteiger partial charge in [-0.3, -0.25) is 0 Å². The van der Waals surface area contributed by atoms with Gasteiger partial charge >= 0.3 is 6.03 Å². The molecular weight excluding hydrogens is 200 g/mol. The molecule has 2 N–H and O–H groups in total. The van der Waals surface area contributed by atoms with E-state index in [0.29, 0.717) is 13.0 Å². The number of nitrogens with one attached hydrogen (secondary N) is 2. The molecule has 2 amide bonds. The number of urea groups is 1. The van der Waals surface area contributed by atoms with Gasteiger partial charge in [0, 0.05) is 18.7 Å². The standard InChI is InChI=1S/C13H16N2O/c1-3-4-5-10-14-13(16)15-12-8-6-11(2)7-9-12/h6-9H,5,10H2,1-2H3,(H2,14,15,16). The summed E-state index contributed by atoms with van der Waals surface area (Å²) >= 11 is 0. The summed E-state index contributed by atoms with van der Waals surface area (Å²) < 4.78 is 0. The molecule has 0 bridgehead atoms. The van der Waals surface area contributed by atoms with Crippen LogP contribution >= 0.6 is 0 Å². The second-order valence-corrected chi connectivity index (χ2v) is 3.42. The third-order valence-electron chi connectivity index (χ3n) is 2.02. The van der Waals surface area contributed by atoms with Crippen LogP contribution in [0.15, 0.2) is 24.3 Å². The lowest BCUT2D eigenvalue weighted by Gasteiger charge is -2.06. The average molecular weight is 216 g/mol. The van der Waals surface area contributed by atoms with Gasteiger partial charge in [0.1, 0.15) is 0 Å². The van der Waals surface area contributed by atoms with Crippen molar-refractivity contribution in [1.82, 2.24) is 5.32 Å². The minimum absolute atomic E-state index is 0.193. The van der Waals surface area contributed by atoms with Gasteiger partial charge in [-0.15, -0.1) is 11.8 Å². The van der Waals surface area contributed by atoms with Gasteiger partial charge in [-0.25, -0.2) is 4.79 Å². The molecule has 3 nitrogen and oxygen atoms in total. The van der Waals surface area contributed by atoms with Gasteiger partial charge in [0.05, 0.1) is 0 Å². The van der Waals surface area contributed by atoms with Gasteiger partial charge < -0.3 is 10.6 Å². The topological polar surface area (TPSA) is 41.1 Å². The molecule has 3 heteroatoms. The molecule has 0 saturated carbocycles. The molecule has 0 unspecified atom stereocenters. The normalized spacial score (nSPS) is 8.88. The first-order chi connectivity index (χ1) is 7.72. The monoisotopic (exact) mass is 216 g/mol. The van der Waals surface area contributed by atoms with Crippen molar-refractivity contribution in [2.45, 2.75) is 20.3 Å². The first kappa shape index (κ1) is 12.1. The third kappa shape index (κ3) is 4.52. The van der Waals surface area contributed by atoms with Crippen LogP contribution in [-0.2, 0) is 0 Å². The van der Waals surface area contributed by atoms with Crippen molar-refractivity contribution >= 4 is 11.7 Å². The number of anilines is 1. The summed E-state index contributed by atoms with van der Waals surface area (Å²) in [6.45, 7) is 4.36. The lowest BCUT2D eigenvalue weighted by Crippen LogP contribution is -2.29. The highest BCUT2D eigenvalue weighted by atomic mass is 16.2. The van der Waals surface area contributed by atoms with Gasteiger partial charge in [0.25, 0.3) is 0 Å². The van der Waals surface area contributed by atoms with Crippen molar-refractivity contribution in [3.05, 3.63) is 29.8 Å². The molecule has 0 atom stereocenters. The highest BCUT2D eigenvalue weighted by Gasteiger charge is 1.99. The van der Waals surface area contributed by atoms with Gasteiger partial charge in [0.2, 0.25) is 0 Å². The van der Waals surface area contributed by atoms with Crippen molar-refractivity contribution in [1.29, 1.82) is 0 Å². The number of aryl methyl sites for hydroxylation is 1. The molecule has 16 heavy (non-hydrogen) atoms. The summed E-state index contributed by atoms with van der Waals surface area (Å²) in [4.78, 5) is 11.4. The third-order valence-corrected chi connectivity index (χ3v) is 2.02. The highest BCUT2D eigenvalue weighted by Crippen LogP contribution is 2.07. The Hall–Kier alpha value is -1.95. The molecule has 1 aromatic carbocycles. The number of rotatable bonds is 3. The Kier molecular flexibility index (Phi) is 4.94. The predicted octanol–water partition coefficient (Wildman–Crippen LogP) is 2.53. The zero-order valence-electron chi connectivity index (χ0n) is 9.63. The summed E-state index contributed by atoms with van der Waals surface area (Å²) in [6.07, 6.45) is 0.678. The van der Waals surface area contributed by atoms with Crippen molar-refractivity contribution < 1.29 is 4.79 Å². The molecule has 0 saturated heterocycles. The number of benzene rings is 1. The summed E-state index contributed by atoms with van der Waals surface area (Å²) in [6, 6.07) is 7.47. The molecule has 1 rings (SSSR count). The fourth-order valence-corrected chi connectivity index (χ4v) is 1.18. The maximum absolute atomic E-state index is 11.4. The minimum Gasteiger partial charge on any atom is -0.337 e. The van der Waals surface area contributed by atoms with E-state index in [1.54, 1.807) is 6.92 Å². The molecule has 0 spiro atoms. The van der Waals surface area contributed by atoms with Crippen LogP contribution in [0.5, 0.6) is 0 Å². The van der Waals surface area contributed by atoms with Gasteiger partial charge in [-0.05, 0) is 26.0 Å². The van der Waals surface area contributed by atoms with Crippen LogP contribution in [0.4, 0.5) is 10.5 Å². The van der Waals surface area contributed by atoms with E-state index in [2.05, 4.69) is 22.5 Å². The van der Waals surface area contributed by atoms with E-state index in [4.69, 9.17) is 0 Å². The summed E-state index contributed by atoms with van der Waals surface area (Å²) in [5, 5.41) is 5.48. The van der Waals surface area contributed by atoms with E-state index in [1.807, 2.05) is 31.2 Å². The number of hydrogen-bond acceptors (Lipinski definition) is 1. The number of amides is 2. The van der Waals surface area contributed by atoms with Gasteiger partial charge in [-0.2, -0.15) is 0 Å². The van der Waals surface area contributed by atoms with Crippen LogP contribution < -0.4 is 10.6 Å². The Bertz CT molecular complexity index is 398. The smallest absolute Gasteiger partial charge is 0.319 e. The van der Waals surface area contributed by atoms with E-state index in [1.165, 1.54) is 5.56 Å². The Labute approximate surface area is 96.2 Å². The molecule has 0 aliphatic heterocycles. The molecule has 0 aromatic heterocycles. The molecule has 1 aromatic rings. The Morgan fingerprint density at radius 2 is 2.00 bits per heavy atom. The van der Waals surface area contributed by atoms with Crippen molar-refractivity contribution in [2.24, 2.45) is 0 Å². The Morgan fingerprint density at radius 3 is 2.62 bits per heavy atom. The van der Waals surface area contributed by atoms with E-state index in [-0.39, 0.29) is 6.03 Å². The molecule has 0 heterocycles. The molecule has 0 radical (unpaired) electrons. The van der Waals surface area contributed by atoms with Crippen LogP contribution in [-0.4, -0.2) is 12.6 Å². The average Bonchev–Trinajstić information content (AvgIpc) is 2.28. The lowest BCUT2D eigenvalue weighted by atomic mass is 10.2. The van der Waals surface area contributed by atoms with E-state index >= 15 is 0 Å². The van der Waals surface area contributed by atoms with Crippen LogP contribution in [0, 0.1) is 18.8 Å². The molecule has 0 fully saturated rings. The molecule has 0 aliphatic carbocycles. The van der Waals surface area contributed by atoms with E-state index in [0.717, 1.165) is 5.69 Å². The van der Waals surface area contributed by atoms with E-state index < -0.39 is 0 Å². The maximum atomic E-state index is 11.4. The predicted molar refractivity (Wildman–Crippen MR) is 66.3 cm³/mol. The SMILES string of the molecule is CC#CCCNC(=O)Nc1ccc(C)cc1. The Balaban J connectivity index is 2.33. The summed E-state index contributed by atoms with van der Waals surface area (Å²) in [7, 11) is 0. The summed E-state index contributed by atoms with van der Waals surface area (Å²) in [5.74, 6) is 5.66. The van der Waals surface area contributed by atoms with Gasteiger partial charge in [0.15, 0.2) is 0 Å². The first-order valence-electron chi connectivity index (χ1n) is 5.23. The van der Waals surface area contributed by atoms with E-state index in [9.17, 15) is 4.79 Å². The van der Waals surface area contributed by atoms with Crippen LogP contribution in [0.1, 0.15) is 18.9 Å². The number of carbonyl (C=O) groups is 1. The van der Waals surface area contributed by atoms with Crippen molar-refractivity contribution in [2.75, 3.05) is 11.9 Å². The highest BCUT2D eigenvalue weighted by molar-refractivity contribution is 5.89. The second-order valence-electron chi connectivity index (χ2n) is 3.42. The minimum atomic E-state index is -0.193. The molecular formula is C13H16N2O. The van der Waals surface area contributed by atoms with Crippen molar-refractivity contribution in [3.8, 4) is 11.8 Å². The number of hydrogen-bond donors (Lipinski definition) is 2. The fraction of sp³-hybridized carbons (Fsp3) is 0.308. The number of carbonyl (C=O) groups excluding carboxylic acids is 1. The quantitative estimate of drug-likeness (QED) is 0.591. The Morgan fingerprint density at radius 1 is 1.31 bits per heavy atom. The maximum Gasteiger partial charge on any atom is 0.319 e. The summed E-state index contributed by atoms with van der Waals surface area (Å²) in [5.41, 5.74) is 1.97. The lowest BCUT2D eigenvalue weighted by molar-refractivity contribution is 0.252. The van der Waals surface area contributed by atoms with Crippen LogP contribution in [0.2, 0.25) is 0 Å². The van der Waals surface area contributed by atoms with Crippen LogP contribution in [0.3, 0.4) is 0 Å². The zero-order chi connectivity index (χ0) is 11.8.